The summed E-state index contributed by atoms with van der Waals surface area (Å²) in [6.45, 7) is 4.24. The van der Waals surface area contributed by atoms with Crippen LogP contribution >= 0.6 is 0 Å². The minimum Gasteiger partial charge on any atom is -0.449 e. The lowest BCUT2D eigenvalue weighted by Crippen LogP contribution is -2.41. The summed E-state index contributed by atoms with van der Waals surface area (Å²) in [5, 5.41) is 4.65. The Morgan fingerprint density at radius 1 is 0.903 bits per heavy atom. The largest absolute Gasteiger partial charge is 0.449 e. The second-order valence-electron chi connectivity index (χ2n) is 7.98. The highest BCUT2D eigenvalue weighted by Crippen LogP contribution is 2.34. The van der Waals surface area contributed by atoms with Gasteiger partial charge in [-0.15, -0.1) is 0 Å². The van der Waals surface area contributed by atoms with Crippen molar-refractivity contribution in [3.05, 3.63) is 83.4 Å². The molecular weight excluding hydrogens is 392 g/mol. The molecule has 1 aliphatic heterocycles. The van der Waals surface area contributed by atoms with Crippen LogP contribution in [0.4, 0.5) is 4.79 Å². The quantitative estimate of drug-likeness (QED) is 0.598. The molecule has 4 rings (SSSR count). The molecule has 0 radical (unpaired) electrons. The Labute approximate surface area is 180 Å². The minimum atomic E-state index is -0.676. The summed E-state index contributed by atoms with van der Waals surface area (Å²) in [5.74, 6) is -0.525. The third-order valence-corrected chi connectivity index (χ3v) is 5.31. The monoisotopic (exact) mass is 416 g/mol. The molecule has 6 nitrogen and oxygen atoms in total. The van der Waals surface area contributed by atoms with Gasteiger partial charge in [0.1, 0.15) is 0 Å². The highest BCUT2D eigenvalue weighted by Gasteiger charge is 2.40. The van der Waals surface area contributed by atoms with E-state index in [9.17, 15) is 14.4 Å². The van der Waals surface area contributed by atoms with Gasteiger partial charge < -0.3 is 10.1 Å². The fourth-order valence-electron chi connectivity index (χ4n) is 3.85. The zero-order chi connectivity index (χ0) is 22.0. The molecule has 3 aromatic rings. The number of carbonyl (C=O) groups excluding carboxylic acids is 3. The van der Waals surface area contributed by atoms with Gasteiger partial charge in [0.15, 0.2) is 0 Å². The number of ether oxygens (including phenoxy) is 1. The maximum atomic E-state index is 13.2. The Hall–Kier alpha value is -3.67. The molecule has 1 aliphatic rings. The number of fused-ring (bicyclic) bond motifs is 2. The standard InChI is InChI=1S/C25H24N2O4/c1-16(2)15-31-25(30)26-14-22(19-13-7-9-17-8-3-4-10-18(17)19)27-23(28)20-11-5-6-12-21(20)24(27)29/h3-13,16,22H,14-15H2,1-2H3,(H,26,30). The smallest absolute Gasteiger partial charge is 0.407 e. The van der Waals surface area contributed by atoms with Gasteiger partial charge in [0, 0.05) is 6.54 Å². The van der Waals surface area contributed by atoms with Crippen LogP contribution in [-0.2, 0) is 4.74 Å². The van der Waals surface area contributed by atoms with Gasteiger partial charge in [-0.1, -0.05) is 68.4 Å². The van der Waals surface area contributed by atoms with Gasteiger partial charge in [-0.2, -0.15) is 0 Å². The highest BCUT2D eigenvalue weighted by molar-refractivity contribution is 6.21. The molecule has 1 atom stereocenters. The molecule has 1 N–H and O–H groups in total. The lowest BCUT2D eigenvalue weighted by atomic mass is 9.97. The van der Waals surface area contributed by atoms with E-state index < -0.39 is 12.1 Å². The fourth-order valence-corrected chi connectivity index (χ4v) is 3.85. The Bertz CT molecular complexity index is 1110. The maximum Gasteiger partial charge on any atom is 0.407 e. The minimum absolute atomic E-state index is 0.0520. The summed E-state index contributed by atoms with van der Waals surface area (Å²) in [7, 11) is 0. The molecular formula is C25H24N2O4. The molecule has 0 bridgehead atoms. The molecule has 3 aromatic carbocycles. The number of hydrogen-bond acceptors (Lipinski definition) is 4. The molecule has 0 saturated carbocycles. The van der Waals surface area contributed by atoms with Crippen LogP contribution < -0.4 is 5.32 Å². The molecule has 6 heteroatoms. The third kappa shape index (κ3) is 4.01. The van der Waals surface area contributed by atoms with Crippen LogP contribution in [0, 0.1) is 5.92 Å². The number of nitrogens with zero attached hydrogens (tertiary/aromatic N) is 1. The third-order valence-electron chi connectivity index (χ3n) is 5.31. The van der Waals surface area contributed by atoms with Gasteiger partial charge >= 0.3 is 6.09 Å². The van der Waals surface area contributed by atoms with E-state index in [-0.39, 0.29) is 30.9 Å². The highest BCUT2D eigenvalue weighted by atomic mass is 16.5. The summed E-state index contributed by atoms with van der Waals surface area (Å²) in [6, 6.07) is 19.6. The van der Waals surface area contributed by atoms with Crippen LogP contribution in [0.5, 0.6) is 0 Å². The van der Waals surface area contributed by atoms with Gasteiger partial charge in [0.05, 0.1) is 23.8 Å². The summed E-state index contributed by atoms with van der Waals surface area (Å²) >= 11 is 0. The van der Waals surface area contributed by atoms with Crippen molar-refractivity contribution in [2.45, 2.75) is 19.9 Å². The van der Waals surface area contributed by atoms with E-state index in [0.717, 1.165) is 16.3 Å². The molecule has 1 unspecified atom stereocenters. The van der Waals surface area contributed by atoms with E-state index >= 15 is 0 Å². The number of alkyl carbamates (subject to hydrolysis) is 1. The van der Waals surface area contributed by atoms with Crippen LogP contribution in [0.25, 0.3) is 10.8 Å². The number of hydrogen-bond donors (Lipinski definition) is 1. The summed E-state index contributed by atoms with van der Waals surface area (Å²) in [4.78, 5) is 39.8. The van der Waals surface area contributed by atoms with Crippen LogP contribution in [0.2, 0.25) is 0 Å². The van der Waals surface area contributed by atoms with Gasteiger partial charge in [0.2, 0.25) is 0 Å². The summed E-state index contributed by atoms with van der Waals surface area (Å²) in [6.07, 6.45) is -0.574. The van der Waals surface area contributed by atoms with Crippen molar-refractivity contribution in [2.75, 3.05) is 13.2 Å². The molecule has 0 spiro atoms. The van der Waals surface area contributed by atoms with Crippen LogP contribution in [-0.4, -0.2) is 36.0 Å². The van der Waals surface area contributed by atoms with Gasteiger partial charge in [-0.05, 0) is 34.4 Å². The van der Waals surface area contributed by atoms with E-state index in [1.807, 2.05) is 56.3 Å². The number of amides is 3. The molecule has 0 fully saturated rings. The van der Waals surface area contributed by atoms with Gasteiger partial charge in [-0.3, -0.25) is 14.5 Å². The topological polar surface area (TPSA) is 75.7 Å². The first-order valence-corrected chi connectivity index (χ1v) is 10.3. The number of imide groups is 1. The Kier molecular flexibility index (Phi) is 5.71. The van der Waals surface area contributed by atoms with Crippen molar-refractivity contribution < 1.29 is 19.1 Å². The van der Waals surface area contributed by atoms with Gasteiger partial charge in [0.25, 0.3) is 11.8 Å². The first-order valence-electron chi connectivity index (χ1n) is 10.3. The molecule has 0 saturated heterocycles. The number of rotatable bonds is 6. The van der Waals surface area contributed by atoms with E-state index in [2.05, 4.69) is 5.32 Å². The number of nitrogens with one attached hydrogen (secondary N) is 1. The molecule has 0 aliphatic carbocycles. The predicted molar refractivity (Wildman–Crippen MR) is 118 cm³/mol. The molecule has 158 valence electrons. The molecule has 3 amide bonds. The van der Waals surface area contributed by atoms with Crippen molar-refractivity contribution in [1.29, 1.82) is 0 Å². The lowest BCUT2D eigenvalue weighted by Gasteiger charge is -2.28. The first kappa shape index (κ1) is 20.6. The van der Waals surface area contributed by atoms with Crippen molar-refractivity contribution in [1.82, 2.24) is 10.2 Å². The average molecular weight is 416 g/mol. The zero-order valence-corrected chi connectivity index (χ0v) is 17.5. The Morgan fingerprint density at radius 2 is 1.52 bits per heavy atom. The number of carbonyl (C=O) groups is 3. The van der Waals surface area contributed by atoms with Crippen molar-refractivity contribution in [3.63, 3.8) is 0 Å². The van der Waals surface area contributed by atoms with Crippen LogP contribution in [0.1, 0.15) is 46.2 Å². The van der Waals surface area contributed by atoms with Crippen molar-refractivity contribution in [2.24, 2.45) is 5.92 Å². The van der Waals surface area contributed by atoms with Gasteiger partial charge in [-0.25, -0.2) is 4.79 Å². The summed E-state index contributed by atoms with van der Waals surface area (Å²) in [5.41, 5.74) is 1.54. The maximum absolute atomic E-state index is 13.2. The molecule has 31 heavy (non-hydrogen) atoms. The predicted octanol–water partition coefficient (Wildman–Crippen LogP) is 4.56. The molecule has 1 heterocycles. The number of benzene rings is 3. The second kappa shape index (κ2) is 8.60. The second-order valence-corrected chi connectivity index (χ2v) is 7.98. The van der Waals surface area contributed by atoms with E-state index in [4.69, 9.17) is 4.74 Å². The lowest BCUT2D eigenvalue weighted by molar-refractivity contribution is 0.0576. The first-order chi connectivity index (χ1) is 15.0. The Morgan fingerprint density at radius 3 is 2.19 bits per heavy atom. The van der Waals surface area contributed by atoms with Crippen LogP contribution in [0.3, 0.4) is 0 Å². The molecule has 0 aromatic heterocycles. The average Bonchev–Trinajstić information content (AvgIpc) is 3.03. The van der Waals surface area contributed by atoms with E-state index in [1.54, 1.807) is 24.3 Å². The normalized spacial score (nSPS) is 14.1. The van der Waals surface area contributed by atoms with Crippen LogP contribution in [0.15, 0.2) is 66.7 Å². The Balaban J connectivity index is 1.71. The van der Waals surface area contributed by atoms with Crippen molar-refractivity contribution >= 4 is 28.7 Å². The summed E-state index contributed by atoms with van der Waals surface area (Å²) < 4.78 is 5.22. The fraction of sp³-hybridized carbons (Fsp3) is 0.240. The SMILES string of the molecule is CC(C)COC(=O)NCC(c1cccc2ccccc12)N1C(=O)c2ccccc2C1=O. The van der Waals surface area contributed by atoms with E-state index in [1.165, 1.54) is 4.90 Å². The zero-order valence-electron chi connectivity index (χ0n) is 17.5. The van der Waals surface area contributed by atoms with Crippen molar-refractivity contribution in [3.8, 4) is 0 Å². The van der Waals surface area contributed by atoms with E-state index in [0.29, 0.717) is 11.1 Å².